The number of carbonyl (C=O) groups excluding carboxylic acids is 1. The number of rotatable bonds is 1. The van der Waals surface area contributed by atoms with Crippen molar-refractivity contribution in [2.24, 2.45) is 17.3 Å². The van der Waals surface area contributed by atoms with E-state index in [1.807, 2.05) is 0 Å². The summed E-state index contributed by atoms with van der Waals surface area (Å²) in [5.41, 5.74) is 0.445. The van der Waals surface area contributed by atoms with E-state index in [0.717, 1.165) is 32.4 Å². The highest BCUT2D eigenvalue weighted by Crippen LogP contribution is 2.54. The standard InChI is InChI=1S/C14H23NO2/c16-10-15-6-4-14(5-7-15)8-11-2-1-3-13(17)12(11)9-14/h11-12,16H,1-10H2. The third kappa shape index (κ3) is 2.04. The van der Waals surface area contributed by atoms with Crippen LogP contribution < -0.4 is 0 Å². The smallest absolute Gasteiger partial charge is 0.136 e. The molecule has 17 heavy (non-hydrogen) atoms. The summed E-state index contributed by atoms with van der Waals surface area (Å²) in [5.74, 6) is 1.63. The molecule has 2 aliphatic carbocycles. The van der Waals surface area contributed by atoms with Crippen molar-refractivity contribution in [3.63, 3.8) is 0 Å². The molecule has 2 unspecified atom stereocenters. The predicted octanol–water partition coefficient (Wildman–Crippen LogP) is 1.80. The minimum Gasteiger partial charge on any atom is -0.381 e. The second-order valence-corrected chi connectivity index (χ2v) is 6.39. The van der Waals surface area contributed by atoms with Crippen LogP contribution in [0.15, 0.2) is 0 Å². The third-order valence-corrected chi connectivity index (χ3v) is 5.45. The van der Waals surface area contributed by atoms with Crippen molar-refractivity contribution in [3.8, 4) is 0 Å². The van der Waals surface area contributed by atoms with Crippen LogP contribution in [0.3, 0.4) is 0 Å². The first-order valence-electron chi connectivity index (χ1n) is 7.08. The Morgan fingerprint density at radius 1 is 1.29 bits per heavy atom. The molecule has 0 aromatic carbocycles. The van der Waals surface area contributed by atoms with Crippen LogP contribution in [0.2, 0.25) is 0 Å². The Hall–Kier alpha value is -0.410. The fourth-order valence-electron chi connectivity index (χ4n) is 4.40. The molecule has 2 atom stereocenters. The Morgan fingerprint density at radius 2 is 2.06 bits per heavy atom. The molecule has 0 aromatic heterocycles. The molecule has 3 nitrogen and oxygen atoms in total. The van der Waals surface area contributed by atoms with Crippen LogP contribution >= 0.6 is 0 Å². The summed E-state index contributed by atoms with van der Waals surface area (Å²) in [5, 5.41) is 9.14. The lowest BCUT2D eigenvalue weighted by molar-refractivity contribution is -0.126. The molecular formula is C14H23NO2. The van der Waals surface area contributed by atoms with Gasteiger partial charge in [-0.15, -0.1) is 0 Å². The number of hydrogen-bond acceptors (Lipinski definition) is 3. The molecule has 3 heteroatoms. The van der Waals surface area contributed by atoms with Gasteiger partial charge in [0.05, 0.1) is 6.73 Å². The summed E-state index contributed by atoms with van der Waals surface area (Å²) < 4.78 is 0. The summed E-state index contributed by atoms with van der Waals surface area (Å²) in [7, 11) is 0. The van der Waals surface area contributed by atoms with E-state index in [2.05, 4.69) is 4.90 Å². The van der Waals surface area contributed by atoms with E-state index in [4.69, 9.17) is 5.11 Å². The molecule has 0 radical (unpaired) electrons. The zero-order valence-electron chi connectivity index (χ0n) is 10.5. The van der Waals surface area contributed by atoms with Gasteiger partial charge in [-0.1, -0.05) is 0 Å². The fourth-order valence-corrected chi connectivity index (χ4v) is 4.40. The van der Waals surface area contributed by atoms with Crippen LogP contribution in [0, 0.1) is 17.3 Å². The second-order valence-electron chi connectivity index (χ2n) is 6.39. The van der Waals surface area contributed by atoms with E-state index >= 15 is 0 Å². The van der Waals surface area contributed by atoms with Crippen molar-refractivity contribution < 1.29 is 9.90 Å². The van der Waals surface area contributed by atoms with E-state index in [1.54, 1.807) is 0 Å². The van der Waals surface area contributed by atoms with E-state index in [1.165, 1.54) is 25.7 Å². The van der Waals surface area contributed by atoms with Crippen LogP contribution in [0.25, 0.3) is 0 Å². The molecule has 1 spiro atoms. The minimum absolute atomic E-state index is 0.196. The van der Waals surface area contributed by atoms with Gasteiger partial charge in [-0.2, -0.15) is 0 Å². The molecule has 0 amide bonds. The number of carbonyl (C=O) groups is 1. The van der Waals surface area contributed by atoms with Gasteiger partial charge in [0.1, 0.15) is 5.78 Å². The van der Waals surface area contributed by atoms with Gasteiger partial charge in [0.25, 0.3) is 0 Å². The first kappa shape index (κ1) is 11.7. The molecule has 1 saturated heterocycles. The first-order valence-corrected chi connectivity index (χ1v) is 7.08. The number of aliphatic hydroxyl groups excluding tert-OH is 1. The van der Waals surface area contributed by atoms with Crippen molar-refractivity contribution in [2.75, 3.05) is 19.8 Å². The molecule has 0 aromatic rings. The average molecular weight is 237 g/mol. The molecule has 0 bridgehead atoms. The van der Waals surface area contributed by atoms with Crippen molar-refractivity contribution in [3.05, 3.63) is 0 Å². The summed E-state index contributed by atoms with van der Waals surface area (Å²) in [6.45, 7) is 2.23. The highest BCUT2D eigenvalue weighted by atomic mass is 16.3. The van der Waals surface area contributed by atoms with Gasteiger partial charge in [0.15, 0.2) is 0 Å². The van der Waals surface area contributed by atoms with Crippen LogP contribution in [0.1, 0.15) is 44.9 Å². The number of fused-ring (bicyclic) bond motifs is 1. The first-order chi connectivity index (χ1) is 8.22. The lowest BCUT2D eigenvalue weighted by Crippen LogP contribution is -2.39. The maximum absolute atomic E-state index is 12.0. The minimum atomic E-state index is 0.196. The van der Waals surface area contributed by atoms with Gasteiger partial charge < -0.3 is 5.11 Å². The number of Topliss-reactive ketones (excluding diaryl/α,β-unsaturated/α-hetero) is 1. The normalized spacial score (nSPS) is 37.4. The second kappa shape index (κ2) is 4.36. The Balaban J connectivity index is 1.68. The predicted molar refractivity (Wildman–Crippen MR) is 65.4 cm³/mol. The number of ketones is 1. The van der Waals surface area contributed by atoms with Gasteiger partial charge in [0.2, 0.25) is 0 Å². The van der Waals surface area contributed by atoms with Gasteiger partial charge >= 0.3 is 0 Å². The van der Waals surface area contributed by atoms with E-state index in [0.29, 0.717) is 23.0 Å². The molecule has 96 valence electrons. The van der Waals surface area contributed by atoms with Crippen LogP contribution in [-0.4, -0.2) is 35.6 Å². The summed E-state index contributed by atoms with van der Waals surface area (Å²) >= 11 is 0. The average Bonchev–Trinajstić information content (AvgIpc) is 2.70. The molecule has 3 aliphatic rings. The summed E-state index contributed by atoms with van der Waals surface area (Å²) in [6, 6.07) is 0. The van der Waals surface area contributed by atoms with Crippen molar-refractivity contribution >= 4 is 5.78 Å². The van der Waals surface area contributed by atoms with Gasteiger partial charge in [-0.25, -0.2) is 0 Å². The lowest BCUT2D eigenvalue weighted by atomic mass is 9.76. The molecule has 2 saturated carbocycles. The van der Waals surface area contributed by atoms with Crippen LogP contribution in [0.4, 0.5) is 0 Å². The number of hydrogen-bond donors (Lipinski definition) is 1. The lowest BCUT2D eigenvalue weighted by Gasteiger charge is -2.38. The molecule has 1 heterocycles. The zero-order chi connectivity index (χ0) is 11.9. The van der Waals surface area contributed by atoms with Crippen molar-refractivity contribution in [1.29, 1.82) is 0 Å². The SMILES string of the molecule is O=C1CCCC2CC3(CCN(CO)CC3)CC12. The highest BCUT2D eigenvalue weighted by molar-refractivity contribution is 5.82. The van der Waals surface area contributed by atoms with Gasteiger partial charge in [-0.05, 0) is 49.9 Å². The number of piperidine rings is 1. The maximum atomic E-state index is 12.0. The number of nitrogens with zero attached hydrogens (tertiary/aromatic N) is 1. The molecule has 3 fully saturated rings. The highest BCUT2D eigenvalue weighted by Gasteiger charge is 2.49. The topological polar surface area (TPSA) is 40.5 Å². The van der Waals surface area contributed by atoms with E-state index in [-0.39, 0.29) is 6.73 Å². The fraction of sp³-hybridized carbons (Fsp3) is 0.929. The largest absolute Gasteiger partial charge is 0.381 e. The molecular weight excluding hydrogens is 214 g/mol. The number of likely N-dealkylation sites (tertiary alicyclic amines) is 1. The number of aliphatic hydroxyl groups is 1. The Morgan fingerprint density at radius 3 is 2.71 bits per heavy atom. The zero-order valence-corrected chi connectivity index (χ0v) is 10.5. The van der Waals surface area contributed by atoms with Gasteiger partial charge in [0, 0.05) is 25.4 Å². The Kier molecular flexibility index (Phi) is 2.99. The maximum Gasteiger partial charge on any atom is 0.136 e. The monoisotopic (exact) mass is 237 g/mol. The quantitative estimate of drug-likeness (QED) is 0.756. The Bertz CT molecular complexity index is 307. The van der Waals surface area contributed by atoms with Crippen LogP contribution in [0.5, 0.6) is 0 Å². The van der Waals surface area contributed by atoms with Crippen molar-refractivity contribution in [1.82, 2.24) is 4.90 Å². The summed E-state index contributed by atoms with van der Waals surface area (Å²) in [6.07, 6.45) is 8.04. The van der Waals surface area contributed by atoms with Crippen molar-refractivity contribution in [2.45, 2.75) is 44.9 Å². The third-order valence-electron chi connectivity index (χ3n) is 5.45. The van der Waals surface area contributed by atoms with Crippen LogP contribution in [-0.2, 0) is 4.79 Å². The van der Waals surface area contributed by atoms with E-state index in [9.17, 15) is 4.79 Å². The Labute approximate surface area is 103 Å². The molecule has 3 rings (SSSR count). The molecule has 1 N–H and O–H groups in total. The van der Waals surface area contributed by atoms with Gasteiger partial charge in [-0.3, -0.25) is 9.69 Å². The summed E-state index contributed by atoms with van der Waals surface area (Å²) in [4.78, 5) is 14.1. The molecule has 1 aliphatic heterocycles. The van der Waals surface area contributed by atoms with E-state index < -0.39 is 0 Å².